The Kier molecular flexibility index (Phi) is 4.83. The lowest BCUT2D eigenvalue weighted by molar-refractivity contribution is 0.150. The summed E-state index contributed by atoms with van der Waals surface area (Å²) in [6, 6.07) is 0.500. The first-order valence-electron chi connectivity index (χ1n) is 6.46. The van der Waals surface area contributed by atoms with Gasteiger partial charge < -0.3 is 4.90 Å². The van der Waals surface area contributed by atoms with Gasteiger partial charge in [0.15, 0.2) is 0 Å². The van der Waals surface area contributed by atoms with Crippen molar-refractivity contribution in [2.75, 3.05) is 19.6 Å². The summed E-state index contributed by atoms with van der Waals surface area (Å²) < 4.78 is 0. The molecule has 0 amide bonds. The average molecular weight is 222 g/mol. The molecule has 16 heavy (non-hydrogen) atoms. The second-order valence-corrected chi connectivity index (χ2v) is 5.50. The summed E-state index contributed by atoms with van der Waals surface area (Å²) in [5.74, 6) is 3.55. The molecule has 0 aromatic heterocycles. The summed E-state index contributed by atoms with van der Waals surface area (Å²) in [5.41, 5.74) is -0.187. The van der Waals surface area contributed by atoms with E-state index < -0.39 is 0 Å². The third-order valence-electron chi connectivity index (χ3n) is 3.65. The van der Waals surface area contributed by atoms with E-state index in [0.29, 0.717) is 6.04 Å². The molecule has 0 saturated carbocycles. The predicted molar refractivity (Wildman–Crippen MR) is 70.3 cm³/mol. The molecule has 0 radical (unpaired) electrons. The lowest BCUT2D eigenvalue weighted by Crippen LogP contribution is -2.50. The normalized spacial score (nSPS) is 25.1. The van der Waals surface area contributed by atoms with E-state index in [2.05, 4.69) is 43.8 Å². The molecule has 2 unspecified atom stereocenters. The fraction of sp³-hybridized carbons (Fsp3) is 0.857. The fourth-order valence-corrected chi connectivity index (χ4v) is 2.52. The van der Waals surface area contributed by atoms with Crippen LogP contribution in [0.5, 0.6) is 0 Å². The monoisotopic (exact) mass is 222 g/mol. The summed E-state index contributed by atoms with van der Waals surface area (Å²) in [7, 11) is 0. The molecule has 1 aliphatic rings. The van der Waals surface area contributed by atoms with Crippen molar-refractivity contribution in [2.24, 2.45) is 5.92 Å². The fourth-order valence-electron chi connectivity index (χ4n) is 2.52. The Morgan fingerprint density at radius 3 is 2.81 bits per heavy atom. The Hall–Kier alpha value is -0.520. The maximum atomic E-state index is 5.51. The summed E-state index contributed by atoms with van der Waals surface area (Å²) in [5, 5.41) is 3.56. The molecule has 2 nitrogen and oxygen atoms in total. The zero-order chi connectivity index (χ0) is 12.2. The molecule has 0 bridgehead atoms. The van der Waals surface area contributed by atoms with Crippen LogP contribution in [0.25, 0.3) is 0 Å². The molecule has 1 fully saturated rings. The Morgan fingerprint density at radius 1 is 1.56 bits per heavy atom. The van der Waals surface area contributed by atoms with E-state index in [-0.39, 0.29) is 5.54 Å². The predicted octanol–water partition coefficient (Wildman–Crippen LogP) is 2.11. The van der Waals surface area contributed by atoms with Crippen molar-refractivity contribution in [1.29, 1.82) is 0 Å². The first kappa shape index (κ1) is 13.5. The Morgan fingerprint density at radius 2 is 2.25 bits per heavy atom. The molecule has 0 aliphatic carbocycles. The van der Waals surface area contributed by atoms with Crippen molar-refractivity contribution in [2.45, 2.75) is 52.1 Å². The first-order chi connectivity index (χ1) is 7.48. The first-order valence-corrected chi connectivity index (χ1v) is 6.46. The topological polar surface area (TPSA) is 15.3 Å². The van der Waals surface area contributed by atoms with Crippen LogP contribution >= 0.6 is 0 Å². The molecular weight excluding hydrogens is 196 g/mol. The Labute approximate surface area is 101 Å². The van der Waals surface area contributed by atoms with Crippen LogP contribution in [0.4, 0.5) is 0 Å². The molecule has 0 aromatic carbocycles. The molecule has 1 rings (SSSR count). The second-order valence-electron chi connectivity index (χ2n) is 5.50. The SMILES string of the molecule is C#CC(C)(C)NC(C)C1CCCN(CC)C1. The van der Waals surface area contributed by atoms with E-state index in [1.54, 1.807) is 0 Å². The van der Waals surface area contributed by atoms with Gasteiger partial charge in [-0.2, -0.15) is 0 Å². The molecule has 92 valence electrons. The van der Waals surface area contributed by atoms with E-state index in [1.807, 2.05) is 0 Å². The van der Waals surface area contributed by atoms with Gasteiger partial charge in [0, 0.05) is 12.6 Å². The lowest BCUT2D eigenvalue weighted by atomic mass is 9.90. The van der Waals surface area contributed by atoms with Crippen molar-refractivity contribution in [3.63, 3.8) is 0 Å². The van der Waals surface area contributed by atoms with E-state index in [4.69, 9.17) is 6.42 Å². The van der Waals surface area contributed by atoms with Gasteiger partial charge in [-0.25, -0.2) is 0 Å². The van der Waals surface area contributed by atoms with Gasteiger partial charge in [-0.1, -0.05) is 12.8 Å². The average Bonchev–Trinajstić information content (AvgIpc) is 2.28. The highest BCUT2D eigenvalue weighted by atomic mass is 15.1. The van der Waals surface area contributed by atoms with Gasteiger partial charge in [0.1, 0.15) is 0 Å². The largest absolute Gasteiger partial charge is 0.303 e. The third-order valence-corrected chi connectivity index (χ3v) is 3.65. The quantitative estimate of drug-likeness (QED) is 0.733. The summed E-state index contributed by atoms with van der Waals surface area (Å²) in [4.78, 5) is 2.54. The summed E-state index contributed by atoms with van der Waals surface area (Å²) >= 11 is 0. The van der Waals surface area contributed by atoms with Gasteiger partial charge in [0.05, 0.1) is 5.54 Å². The van der Waals surface area contributed by atoms with Gasteiger partial charge in [-0.15, -0.1) is 6.42 Å². The summed E-state index contributed by atoms with van der Waals surface area (Å²) in [6.07, 6.45) is 8.16. The van der Waals surface area contributed by atoms with Crippen molar-refractivity contribution in [3.05, 3.63) is 0 Å². The zero-order valence-electron chi connectivity index (χ0n) is 11.2. The van der Waals surface area contributed by atoms with Crippen LogP contribution in [0.3, 0.4) is 0 Å². The Balaban J connectivity index is 2.48. The van der Waals surface area contributed by atoms with Crippen LogP contribution in [0, 0.1) is 18.3 Å². The highest BCUT2D eigenvalue weighted by Gasteiger charge is 2.27. The van der Waals surface area contributed by atoms with Crippen molar-refractivity contribution < 1.29 is 0 Å². The number of nitrogens with zero attached hydrogens (tertiary/aromatic N) is 1. The molecule has 1 heterocycles. The molecular formula is C14H26N2. The third kappa shape index (κ3) is 3.81. The van der Waals surface area contributed by atoms with Gasteiger partial charge in [-0.05, 0) is 52.6 Å². The van der Waals surface area contributed by atoms with Crippen LogP contribution in [0.1, 0.15) is 40.5 Å². The van der Waals surface area contributed by atoms with E-state index >= 15 is 0 Å². The van der Waals surface area contributed by atoms with Gasteiger partial charge in [0.25, 0.3) is 0 Å². The van der Waals surface area contributed by atoms with Crippen LogP contribution < -0.4 is 5.32 Å². The number of piperidine rings is 1. The number of likely N-dealkylation sites (tertiary alicyclic amines) is 1. The molecule has 1 saturated heterocycles. The van der Waals surface area contributed by atoms with E-state index in [1.165, 1.54) is 32.5 Å². The van der Waals surface area contributed by atoms with Crippen LogP contribution in [-0.4, -0.2) is 36.1 Å². The van der Waals surface area contributed by atoms with Gasteiger partial charge >= 0.3 is 0 Å². The van der Waals surface area contributed by atoms with Crippen LogP contribution in [0.2, 0.25) is 0 Å². The molecule has 2 heteroatoms. The van der Waals surface area contributed by atoms with E-state index in [9.17, 15) is 0 Å². The summed E-state index contributed by atoms with van der Waals surface area (Å²) in [6.45, 7) is 12.3. The van der Waals surface area contributed by atoms with Crippen molar-refractivity contribution >= 4 is 0 Å². The molecule has 2 atom stereocenters. The minimum Gasteiger partial charge on any atom is -0.303 e. The second kappa shape index (κ2) is 5.70. The van der Waals surface area contributed by atoms with Crippen LogP contribution in [-0.2, 0) is 0 Å². The number of nitrogens with one attached hydrogen (secondary N) is 1. The van der Waals surface area contributed by atoms with Gasteiger partial charge in [0.2, 0.25) is 0 Å². The maximum Gasteiger partial charge on any atom is 0.0743 e. The highest BCUT2D eigenvalue weighted by Crippen LogP contribution is 2.20. The smallest absolute Gasteiger partial charge is 0.0743 e. The number of hydrogen-bond donors (Lipinski definition) is 1. The van der Waals surface area contributed by atoms with Crippen LogP contribution in [0.15, 0.2) is 0 Å². The maximum absolute atomic E-state index is 5.51. The molecule has 0 spiro atoms. The Bertz CT molecular complexity index is 252. The number of terminal acetylenes is 1. The highest BCUT2D eigenvalue weighted by molar-refractivity contribution is 5.08. The number of rotatable bonds is 4. The minimum atomic E-state index is -0.187. The van der Waals surface area contributed by atoms with E-state index in [0.717, 1.165) is 5.92 Å². The minimum absolute atomic E-state index is 0.187. The standard InChI is InChI=1S/C14H26N2/c1-6-14(4,5)15-12(3)13-9-8-10-16(7-2)11-13/h1,12-13,15H,7-11H2,2-5H3. The van der Waals surface area contributed by atoms with Crippen molar-refractivity contribution in [3.8, 4) is 12.3 Å². The molecule has 1 N–H and O–H groups in total. The molecule has 1 aliphatic heterocycles. The zero-order valence-corrected chi connectivity index (χ0v) is 11.2. The lowest BCUT2D eigenvalue weighted by Gasteiger charge is -2.37. The molecule has 0 aromatic rings. The van der Waals surface area contributed by atoms with Crippen molar-refractivity contribution in [1.82, 2.24) is 10.2 Å². The van der Waals surface area contributed by atoms with Gasteiger partial charge in [-0.3, -0.25) is 5.32 Å². The number of hydrogen-bond acceptors (Lipinski definition) is 2.